The van der Waals surface area contributed by atoms with E-state index in [2.05, 4.69) is 4.98 Å². The molecule has 0 aliphatic carbocycles. The van der Waals surface area contributed by atoms with E-state index in [4.69, 9.17) is 0 Å². The number of aliphatic hydroxyl groups excluding tert-OH is 1. The molecular weight excluding hydrogens is 158 g/mol. The fraction of sp³-hybridized carbons (Fsp3) is 0.250. The number of carboxylic acid groups (broad SMARTS) is 1. The summed E-state index contributed by atoms with van der Waals surface area (Å²) < 4.78 is 0. The number of aliphatic carboxylic acids is 1. The zero-order chi connectivity index (χ0) is 8.97. The SMILES string of the molecule is O=C([O-])CC(O)c1ccccn1. The molecule has 64 valence electrons. The van der Waals surface area contributed by atoms with Crippen LogP contribution in [0.5, 0.6) is 0 Å². The van der Waals surface area contributed by atoms with Crippen molar-refractivity contribution in [3.8, 4) is 0 Å². The van der Waals surface area contributed by atoms with Gasteiger partial charge < -0.3 is 15.0 Å². The lowest BCUT2D eigenvalue weighted by molar-refractivity contribution is -0.307. The molecule has 1 atom stereocenters. The molecule has 0 fully saturated rings. The van der Waals surface area contributed by atoms with E-state index in [9.17, 15) is 15.0 Å². The number of carbonyl (C=O) groups excluding carboxylic acids is 1. The third-order valence-electron chi connectivity index (χ3n) is 1.39. The van der Waals surface area contributed by atoms with Gasteiger partial charge in [0, 0.05) is 18.6 Å². The first-order chi connectivity index (χ1) is 5.70. The summed E-state index contributed by atoms with van der Waals surface area (Å²) in [5, 5.41) is 19.3. The Labute approximate surface area is 69.5 Å². The normalized spacial score (nSPS) is 12.4. The molecule has 0 spiro atoms. The Hall–Kier alpha value is -1.42. The molecule has 12 heavy (non-hydrogen) atoms. The van der Waals surface area contributed by atoms with Gasteiger partial charge >= 0.3 is 0 Å². The molecule has 0 aliphatic heterocycles. The Morgan fingerprint density at radius 2 is 2.42 bits per heavy atom. The average Bonchev–Trinajstić information content (AvgIpc) is 2.05. The van der Waals surface area contributed by atoms with Crippen molar-refractivity contribution in [3.05, 3.63) is 30.1 Å². The highest BCUT2D eigenvalue weighted by Crippen LogP contribution is 2.11. The van der Waals surface area contributed by atoms with E-state index in [0.717, 1.165) is 0 Å². The summed E-state index contributed by atoms with van der Waals surface area (Å²) in [5.41, 5.74) is 0.349. The van der Waals surface area contributed by atoms with E-state index in [-0.39, 0.29) is 0 Å². The number of carbonyl (C=O) groups is 1. The maximum Gasteiger partial charge on any atom is 0.101 e. The van der Waals surface area contributed by atoms with Crippen molar-refractivity contribution in [2.24, 2.45) is 0 Å². The molecule has 1 aromatic heterocycles. The van der Waals surface area contributed by atoms with Gasteiger partial charge in [0.05, 0.1) is 5.69 Å². The minimum atomic E-state index is -1.28. The van der Waals surface area contributed by atoms with E-state index in [1.165, 1.54) is 6.20 Å². The highest BCUT2D eigenvalue weighted by Gasteiger charge is 2.07. The van der Waals surface area contributed by atoms with E-state index in [1.54, 1.807) is 18.2 Å². The van der Waals surface area contributed by atoms with E-state index in [0.29, 0.717) is 5.69 Å². The van der Waals surface area contributed by atoms with E-state index >= 15 is 0 Å². The predicted octanol–water partition coefficient (Wildman–Crippen LogP) is -0.745. The number of hydrogen-bond acceptors (Lipinski definition) is 4. The van der Waals surface area contributed by atoms with Crippen molar-refractivity contribution in [1.29, 1.82) is 0 Å². The summed E-state index contributed by atoms with van der Waals surface area (Å²) in [7, 11) is 0. The molecule has 0 aromatic carbocycles. The van der Waals surface area contributed by atoms with Gasteiger partial charge in [0.25, 0.3) is 0 Å². The standard InChI is InChI=1S/C8H9NO3/c10-7(5-8(11)12)6-3-1-2-4-9-6/h1-4,7,10H,5H2,(H,11,12)/p-1. The van der Waals surface area contributed by atoms with Crippen LogP contribution in [-0.4, -0.2) is 16.1 Å². The highest BCUT2D eigenvalue weighted by molar-refractivity contribution is 5.65. The second-order valence-corrected chi connectivity index (χ2v) is 2.35. The van der Waals surface area contributed by atoms with E-state index < -0.39 is 18.5 Å². The summed E-state index contributed by atoms with van der Waals surface area (Å²) >= 11 is 0. The van der Waals surface area contributed by atoms with Crippen LogP contribution in [0.2, 0.25) is 0 Å². The third-order valence-corrected chi connectivity index (χ3v) is 1.39. The van der Waals surface area contributed by atoms with Gasteiger partial charge in [-0.1, -0.05) is 6.07 Å². The number of carboxylic acids is 1. The number of pyridine rings is 1. The van der Waals surface area contributed by atoms with Crippen LogP contribution < -0.4 is 5.11 Å². The Morgan fingerprint density at radius 3 is 2.92 bits per heavy atom. The largest absolute Gasteiger partial charge is 0.550 e. The molecule has 0 aliphatic rings. The molecule has 1 aromatic rings. The Balaban J connectivity index is 2.65. The van der Waals surface area contributed by atoms with Gasteiger partial charge in [-0.15, -0.1) is 0 Å². The molecular formula is C8H8NO3-. The van der Waals surface area contributed by atoms with Gasteiger partial charge in [0.2, 0.25) is 0 Å². The molecule has 1 heterocycles. The lowest BCUT2D eigenvalue weighted by atomic mass is 10.2. The number of aliphatic hydroxyl groups is 1. The molecule has 0 bridgehead atoms. The van der Waals surface area contributed by atoms with Crippen LogP contribution >= 0.6 is 0 Å². The lowest BCUT2D eigenvalue weighted by Gasteiger charge is -2.09. The summed E-state index contributed by atoms with van der Waals surface area (Å²) in [6.45, 7) is 0. The molecule has 1 rings (SSSR count). The molecule has 1 N–H and O–H groups in total. The first-order valence-corrected chi connectivity index (χ1v) is 3.49. The van der Waals surface area contributed by atoms with E-state index in [1.807, 2.05) is 0 Å². The molecule has 4 heteroatoms. The van der Waals surface area contributed by atoms with Crippen molar-refractivity contribution in [2.45, 2.75) is 12.5 Å². The Kier molecular flexibility index (Phi) is 2.76. The first kappa shape index (κ1) is 8.67. The first-order valence-electron chi connectivity index (χ1n) is 3.49. The van der Waals surface area contributed by atoms with Gasteiger partial charge in [-0.05, 0) is 12.1 Å². The predicted molar refractivity (Wildman–Crippen MR) is 38.8 cm³/mol. The number of nitrogens with zero attached hydrogens (tertiary/aromatic N) is 1. The lowest BCUT2D eigenvalue weighted by Crippen LogP contribution is -2.24. The number of rotatable bonds is 3. The van der Waals surface area contributed by atoms with Crippen LogP contribution in [0.25, 0.3) is 0 Å². The maximum atomic E-state index is 10.1. The molecule has 0 saturated carbocycles. The van der Waals surface area contributed by atoms with Gasteiger partial charge in [0.1, 0.15) is 6.10 Å². The van der Waals surface area contributed by atoms with Crippen molar-refractivity contribution >= 4 is 5.97 Å². The third kappa shape index (κ3) is 2.32. The number of hydrogen-bond donors (Lipinski definition) is 1. The smallest absolute Gasteiger partial charge is 0.101 e. The Morgan fingerprint density at radius 1 is 1.67 bits per heavy atom. The topological polar surface area (TPSA) is 73.2 Å². The van der Waals surface area contributed by atoms with Crippen LogP contribution in [0.15, 0.2) is 24.4 Å². The van der Waals surface area contributed by atoms with Crippen LogP contribution in [0, 0.1) is 0 Å². The van der Waals surface area contributed by atoms with Crippen molar-refractivity contribution in [2.75, 3.05) is 0 Å². The minimum absolute atomic E-state index is 0.349. The maximum absolute atomic E-state index is 10.1. The second kappa shape index (κ2) is 3.82. The van der Waals surface area contributed by atoms with Crippen LogP contribution in [-0.2, 0) is 4.79 Å². The molecule has 0 amide bonds. The summed E-state index contributed by atoms with van der Waals surface area (Å²) in [5.74, 6) is -1.28. The van der Waals surface area contributed by atoms with Gasteiger partial charge in [-0.2, -0.15) is 0 Å². The average molecular weight is 166 g/mol. The van der Waals surface area contributed by atoms with Crippen LogP contribution in [0.1, 0.15) is 18.2 Å². The fourth-order valence-electron chi connectivity index (χ4n) is 0.836. The van der Waals surface area contributed by atoms with Gasteiger partial charge in [-0.25, -0.2) is 0 Å². The quantitative estimate of drug-likeness (QED) is 0.641. The minimum Gasteiger partial charge on any atom is -0.550 e. The highest BCUT2D eigenvalue weighted by atomic mass is 16.4. The van der Waals surface area contributed by atoms with Crippen LogP contribution in [0.3, 0.4) is 0 Å². The molecule has 0 saturated heterocycles. The van der Waals surface area contributed by atoms with Crippen molar-refractivity contribution in [3.63, 3.8) is 0 Å². The second-order valence-electron chi connectivity index (χ2n) is 2.35. The zero-order valence-corrected chi connectivity index (χ0v) is 6.30. The number of aromatic nitrogens is 1. The van der Waals surface area contributed by atoms with Gasteiger partial charge in [-0.3, -0.25) is 4.98 Å². The molecule has 0 radical (unpaired) electrons. The van der Waals surface area contributed by atoms with Crippen LogP contribution in [0.4, 0.5) is 0 Å². The zero-order valence-electron chi connectivity index (χ0n) is 6.30. The van der Waals surface area contributed by atoms with Crippen molar-refractivity contribution < 1.29 is 15.0 Å². The Bertz CT molecular complexity index is 260. The van der Waals surface area contributed by atoms with Crippen molar-refractivity contribution in [1.82, 2.24) is 4.98 Å². The summed E-state index contributed by atoms with van der Waals surface area (Å²) in [4.78, 5) is 13.9. The summed E-state index contributed by atoms with van der Waals surface area (Å²) in [6, 6.07) is 4.93. The van der Waals surface area contributed by atoms with Gasteiger partial charge in [0.15, 0.2) is 0 Å². The molecule has 4 nitrogen and oxygen atoms in total. The molecule has 1 unspecified atom stereocenters. The fourth-order valence-corrected chi connectivity index (χ4v) is 0.836. The monoisotopic (exact) mass is 166 g/mol. The summed E-state index contributed by atoms with van der Waals surface area (Å²) in [6.07, 6.45) is 0.00129.